The molecule has 10 nitrogen and oxygen atoms in total. The molecular formula is C21H27Cl2N5O5S. The van der Waals surface area contributed by atoms with Crippen LogP contribution in [0.1, 0.15) is 24.4 Å². The first kappa shape index (κ1) is 26.6. The fraction of sp³-hybridized carbons (Fsp3) is 0.476. The SMILES string of the molecule is Cc1ccc(NC(=O)[C@H](CCO)n2ncc(Cl)c(Cl)c2=O)cc1S(=O)(=O)N1CCCN(C)CC1. The van der Waals surface area contributed by atoms with Crippen molar-refractivity contribution in [3.63, 3.8) is 0 Å². The predicted octanol–water partition coefficient (Wildman–Crippen LogP) is 1.75. The number of aliphatic hydroxyl groups is 1. The molecule has 1 aromatic carbocycles. The number of hydrogen-bond acceptors (Lipinski definition) is 7. The molecule has 2 aromatic rings. The lowest BCUT2D eigenvalue weighted by Crippen LogP contribution is -2.36. The van der Waals surface area contributed by atoms with Crippen LogP contribution in [0.25, 0.3) is 0 Å². The lowest BCUT2D eigenvalue weighted by molar-refractivity contribution is -0.120. The molecule has 0 saturated carbocycles. The smallest absolute Gasteiger partial charge is 0.287 e. The Hall–Kier alpha value is -2.02. The molecule has 1 amide bonds. The first-order chi connectivity index (χ1) is 16.1. The van der Waals surface area contributed by atoms with Gasteiger partial charge >= 0.3 is 0 Å². The molecule has 3 rings (SSSR count). The average molecular weight is 532 g/mol. The molecule has 1 aliphatic rings. The summed E-state index contributed by atoms with van der Waals surface area (Å²) in [5, 5.41) is 15.6. The third-order valence-electron chi connectivity index (χ3n) is 5.65. The number of aryl methyl sites for hydroxylation is 1. The minimum absolute atomic E-state index is 0.0563. The van der Waals surface area contributed by atoms with E-state index < -0.39 is 34.1 Å². The van der Waals surface area contributed by atoms with Gasteiger partial charge in [0.25, 0.3) is 5.56 Å². The minimum Gasteiger partial charge on any atom is -0.396 e. The van der Waals surface area contributed by atoms with Gasteiger partial charge in [-0.05, 0) is 44.6 Å². The summed E-state index contributed by atoms with van der Waals surface area (Å²) in [6, 6.07) is 3.40. The van der Waals surface area contributed by atoms with Crippen molar-refractivity contribution in [2.45, 2.75) is 30.7 Å². The minimum atomic E-state index is -3.78. The van der Waals surface area contributed by atoms with Crippen molar-refractivity contribution in [1.82, 2.24) is 19.0 Å². The summed E-state index contributed by atoms with van der Waals surface area (Å²) >= 11 is 11.7. The van der Waals surface area contributed by atoms with Crippen LogP contribution in [0.2, 0.25) is 10.0 Å². The van der Waals surface area contributed by atoms with E-state index in [0.29, 0.717) is 25.2 Å². The van der Waals surface area contributed by atoms with E-state index in [1.807, 2.05) is 7.05 Å². The number of likely N-dealkylation sites (N-methyl/N-ethyl adjacent to an activating group) is 1. The van der Waals surface area contributed by atoms with Crippen LogP contribution in [0.5, 0.6) is 0 Å². The molecule has 34 heavy (non-hydrogen) atoms. The molecular weight excluding hydrogens is 505 g/mol. The lowest BCUT2D eigenvalue weighted by atomic mass is 10.1. The van der Waals surface area contributed by atoms with E-state index in [4.69, 9.17) is 23.2 Å². The van der Waals surface area contributed by atoms with Crippen molar-refractivity contribution < 1.29 is 18.3 Å². The zero-order valence-electron chi connectivity index (χ0n) is 18.9. The van der Waals surface area contributed by atoms with Crippen molar-refractivity contribution in [3.05, 3.63) is 50.4 Å². The van der Waals surface area contributed by atoms with E-state index in [0.717, 1.165) is 23.8 Å². The molecule has 0 radical (unpaired) electrons. The van der Waals surface area contributed by atoms with Gasteiger partial charge in [-0.2, -0.15) is 9.40 Å². The Labute approximate surface area is 208 Å². The fourth-order valence-corrected chi connectivity index (χ4v) is 5.70. The Morgan fingerprint density at radius 1 is 1.24 bits per heavy atom. The molecule has 2 N–H and O–H groups in total. The van der Waals surface area contributed by atoms with Crippen LogP contribution in [-0.2, 0) is 14.8 Å². The highest BCUT2D eigenvalue weighted by atomic mass is 35.5. The van der Waals surface area contributed by atoms with E-state index >= 15 is 0 Å². The van der Waals surface area contributed by atoms with Crippen LogP contribution in [0, 0.1) is 6.92 Å². The summed E-state index contributed by atoms with van der Waals surface area (Å²) in [5.74, 6) is -0.661. The van der Waals surface area contributed by atoms with Gasteiger partial charge in [-0.15, -0.1) is 0 Å². The Bertz CT molecular complexity index is 1220. The zero-order chi connectivity index (χ0) is 25.0. The second-order valence-corrected chi connectivity index (χ2v) is 10.8. The summed E-state index contributed by atoms with van der Waals surface area (Å²) in [7, 11) is -1.83. The first-order valence-corrected chi connectivity index (χ1v) is 12.9. The second-order valence-electron chi connectivity index (χ2n) is 8.11. The van der Waals surface area contributed by atoms with Crippen molar-refractivity contribution >= 4 is 44.8 Å². The number of aromatic nitrogens is 2. The number of benzene rings is 1. The van der Waals surface area contributed by atoms with Gasteiger partial charge in [-0.1, -0.05) is 29.3 Å². The normalized spacial score (nSPS) is 16.7. The van der Waals surface area contributed by atoms with Crippen LogP contribution in [-0.4, -0.2) is 78.3 Å². The summed E-state index contributed by atoms with van der Waals surface area (Å²) in [4.78, 5) is 27.6. The largest absolute Gasteiger partial charge is 0.396 e. The van der Waals surface area contributed by atoms with E-state index in [1.54, 1.807) is 19.1 Å². The number of nitrogens with zero attached hydrogens (tertiary/aromatic N) is 4. The highest BCUT2D eigenvalue weighted by Crippen LogP contribution is 2.26. The quantitative estimate of drug-likeness (QED) is 0.557. The van der Waals surface area contributed by atoms with Gasteiger partial charge in [0, 0.05) is 38.3 Å². The molecule has 1 fully saturated rings. The highest BCUT2D eigenvalue weighted by molar-refractivity contribution is 7.89. The van der Waals surface area contributed by atoms with Crippen molar-refractivity contribution in [2.24, 2.45) is 0 Å². The van der Waals surface area contributed by atoms with E-state index in [9.17, 15) is 23.1 Å². The topological polar surface area (TPSA) is 125 Å². The molecule has 1 aromatic heterocycles. The highest BCUT2D eigenvalue weighted by Gasteiger charge is 2.29. The zero-order valence-corrected chi connectivity index (χ0v) is 21.2. The standard InChI is InChI=1S/C21H27Cl2N5O5S/c1-14-4-5-15(12-18(14)34(32,33)27-8-3-7-26(2)9-10-27)25-20(30)17(6-11-29)28-21(31)19(23)16(22)13-24-28/h4-5,12-13,17,29H,3,6-11H2,1-2H3,(H,25,30)/t17-/m0/s1. The summed E-state index contributed by atoms with van der Waals surface area (Å²) in [6.07, 6.45) is 1.74. The molecule has 0 aliphatic carbocycles. The van der Waals surface area contributed by atoms with Gasteiger partial charge in [0.05, 0.1) is 16.1 Å². The summed E-state index contributed by atoms with van der Waals surface area (Å²) < 4.78 is 29.0. The molecule has 1 atom stereocenters. The molecule has 13 heteroatoms. The van der Waals surface area contributed by atoms with Crippen LogP contribution in [0.3, 0.4) is 0 Å². The number of nitrogens with one attached hydrogen (secondary N) is 1. The molecule has 2 heterocycles. The molecule has 0 unspecified atom stereocenters. The number of hydrogen-bond donors (Lipinski definition) is 2. The summed E-state index contributed by atoms with van der Waals surface area (Å²) in [5.41, 5.74) is 0.00288. The van der Waals surface area contributed by atoms with Crippen molar-refractivity contribution in [3.8, 4) is 0 Å². The van der Waals surface area contributed by atoms with E-state index in [1.165, 1.54) is 10.4 Å². The number of rotatable bonds is 7. The van der Waals surface area contributed by atoms with Crippen LogP contribution in [0.4, 0.5) is 5.69 Å². The average Bonchev–Trinajstić information content (AvgIpc) is 3.02. The van der Waals surface area contributed by atoms with Crippen LogP contribution >= 0.6 is 23.2 Å². The van der Waals surface area contributed by atoms with E-state index in [2.05, 4.69) is 15.3 Å². The summed E-state index contributed by atoms with van der Waals surface area (Å²) in [6.45, 7) is 3.52. The number of carbonyl (C=O) groups is 1. The first-order valence-electron chi connectivity index (χ1n) is 10.7. The number of amides is 1. The maximum atomic E-state index is 13.4. The number of aliphatic hydroxyl groups excluding tert-OH is 1. The molecule has 1 saturated heterocycles. The number of halogens is 2. The van der Waals surface area contributed by atoms with Gasteiger partial charge in [-0.3, -0.25) is 9.59 Å². The predicted molar refractivity (Wildman–Crippen MR) is 130 cm³/mol. The maximum absolute atomic E-state index is 13.4. The monoisotopic (exact) mass is 531 g/mol. The molecule has 186 valence electrons. The molecule has 0 bridgehead atoms. The number of sulfonamides is 1. The van der Waals surface area contributed by atoms with Gasteiger partial charge in [0.1, 0.15) is 11.1 Å². The molecule has 0 spiro atoms. The third kappa shape index (κ3) is 5.78. The van der Waals surface area contributed by atoms with Crippen LogP contribution in [0.15, 0.2) is 34.1 Å². The third-order valence-corrected chi connectivity index (χ3v) is 8.44. The Morgan fingerprint density at radius 3 is 2.68 bits per heavy atom. The Morgan fingerprint density at radius 2 is 1.97 bits per heavy atom. The fourth-order valence-electron chi connectivity index (χ4n) is 3.72. The van der Waals surface area contributed by atoms with Gasteiger partial charge in [-0.25, -0.2) is 13.1 Å². The number of anilines is 1. The lowest BCUT2D eigenvalue weighted by Gasteiger charge is -2.22. The van der Waals surface area contributed by atoms with Gasteiger partial charge in [0.2, 0.25) is 15.9 Å². The van der Waals surface area contributed by atoms with E-state index in [-0.39, 0.29) is 27.0 Å². The van der Waals surface area contributed by atoms with Gasteiger partial charge < -0.3 is 15.3 Å². The molecule has 1 aliphatic heterocycles. The number of carbonyl (C=O) groups excluding carboxylic acids is 1. The van der Waals surface area contributed by atoms with Crippen LogP contribution < -0.4 is 10.9 Å². The second kappa shape index (κ2) is 11.1. The van der Waals surface area contributed by atoms with Crippen molar-refractivity contribution in [1.29, 1.82) is 0 Å². The van der Waals surface area contributed by atoms with Gasteiger partial charge in [0.15, 0.2) is 0 Å². The Kier molecular flexibility index (Phi) is 8.72. The maximum Gasteiger partial charge on any atom is 0.287 e. The Balaban J connectivity index is 1.89. The van der Waals surface area contributed by atoms with Crippen molar-refractivity contribution in [2.75, 3.05) is 45.2 Å².